The van der Waals surface area contributed by atoms with Gasteiger partial charge >= 0.3 is 0 Å². The van der Waals surface area contributed by atoms with E-state index in [1.54, 1.807) is 20.5 Å². The normalized spacial score (nSPS) is 14.2. The van der Waals surface area contributed by atoms with Gasteiger partial charge in [0.15, 0.2) is 5.82 Å². The van der Waals surface area contributed by atoms with Gasteiger partial charge < -0.3 is 4.90 Å². The minimum absolute atomic E-state index is 0.111. The predicted octanol–water partition coefficient (Wildman–Crippen LogP) is 1.68. The summed E-state index contributed by atoms with van der Waals surface area (Å²) in [5, 5.41) is 8.75. The maximum absolute atomic E-state index is 12.2. The summed E-state index contributed by atoms with van der Waals surface area (Å²) in [7, 11) is 1.83. The monoisotopic (exact) mass is 349 g/mol. The van der Waals surface area contributed by atoms with Crippen molar-refractivity contribution in [3.05, 3.63) is 70.3 Å². The SMILES string of the molecule is Cn1ccc(-n2ccc(=O)c(Cc3cccc(N4CCCC4=O)c3)n2)n1. The van der Waals surface area contributed by atoms with Crippen molar-refractivity contribution < 1.29 is 4.79 Å². The minimum atomic E-state index is -0.111. The Hall–Kier alpha value is -3.22. The first kappa shape index (κ1) is 16.3. The Bertz CT molecular complexity index is 1020. The van der Waals surface area contributed by atoms with Gasteiger partial charge in [-0.25, -0.2) is 4.68 Å². The molecule has 7 nitrogen and oxygen atoms in total. The molecule has 0 radical (unpaired) electrons. The van der Waals surface area contributed by atoms with E-state index < -0.39 is 0 Å². The van der Waals surface area contributed by atoms with Crippen molar-refractivity contribution >= 4 is 11.6 Å². The lowest BCUT2D eigenvalue weighted by molar-refractivity contribution is -0.117. The van der Waals surface area contributed by atoms with E-state index in [0.717, 1.165) is 24.2 Å². The molecule has 1 aliphatic rings. The number of anilines is 1. The molecule has 1 amide bonds. The van der Waals surface area contributed by atoms with Crippen molar-refractivity contribution in [2.45, 2.75) is 19.3 Å². The third kappa shape index (κ3) is 3.15. The molecule has 26 heavy (non-hydrogen) atoms. The topological polar surface area (TPSA) is 73.0 Å². The summed E-state index contributed by atoms with van der Waals surface area (Å²) in [5.41, 5.74) is 2.17. The largest absolute Gasteiger partial charge is 0.312 e. The van der Waals surface area contributed by atoms with Crippen molar-refractivity contribution in [3.63, 3.8) is 0 Å². The standard InChI is InChI=1S/C19H19N5O2/c1-22-10-8-18(21-22)24-11-7-17(25)16(20-24)13-14-4-2-5-15(12-14)23-9-3-6-19(23)26/h2,4-5,7-8,10-12H,3,6,9,13H2,1H3. The highest BCUT2D eigenvalue weighted by Crippen LogP contribution is 2.22. The van der Waals surface area contributed by atoms with Crippen LogP contribution in [0.4, 0.5) is 5.69 Å². The first-order valence-electron chi connectivity index (χ1n) is 8.58. The first-order valence-corrected chi connectivity index (χ1v) is 8.58. The summed E-state index contributed by atoms with van der Waals surface area (Å²) in [4.78, 5) is 26.0. The molecule has 2 aromatic heterocycles. The molecule has 1 saturated heterocycles. The van der Waals surface area contributed by atoms with Gasteiger partial charge in [0.2, 0.25) is 11.3 Å². The first-order chi connectivity index (χ1) is 12.6. The third-order valence-corrected chi connectivity index (χ3v) is 4.48. The van der Waals surface area contributed by atoms with Crippen LogP contribution in [0.25, 0.3) is 5.82 Å². The Labute approximate surface area is 150 Å². The van der Waals surface area contributed by atoms with Crippen molar-refractivity contribution in [1.29, 1.82) is 0 Å². The predicted molar refractivity (Wildman–Crippen MR) is 97.4 cm³/mol. The molecule has 132 valence electrons. The number of benzene rings is 1. The van der Waals surface area contributed by atoms with Gasteiger partial charge in [-0.3, -0.25) is 14.3 Å². The summed E-state index contributed by atoms with van der Waals surface area (Å²) >= 11 is 0. The van der Waals surface area contributed by atoms with Crippen molar-refractivity contribution in [2.75, 3.05) is 11.4 Å². The number of amides is 1. The van der Waals surface area contributed by atoms with Gasteiger partial charge in [-0.2, -0.15) is 10.2 Å². The van der Waals surface area contributed by atoms with Crippen LogP contribution in [0.3, 0.4) is 0 Å². The summed E-state index contributed by atoms with van der Waals surface area (Å²) in [6.45, 7) is 0.748. The summed E-state index contributed by atoms with van der Waals surface area (Å²) in [6.07, 6.45) is 5.33. The summed E-state index contributed by atoms with van der Waals surface area (Å²) in [5.74, 6) is 0.808. The molecule has 7 heteroatoms. The zero-order valence-electron chi connectivity index (χ0n) is 14.5. The molecule has 3 aromatic rings. The highest BCUT2D eigenvalue weighted by Gasteiger charge is 2.21. The van der Waals surface area contributed by atoms with E-state index in [-0.39, 0.29) is 11.3 Å². The van der Waals surface area contributed by atoms with Crippen LogP contribution in [-0.2, 0) is 18.3 Å². The third-order valence-electron chi connectivity index (χ3n) is 4.48. The molecule has 0 saturated carbocycles. The lowest BCUT2D eigenvalue weighted by Gasteiger charge is -2.16. The van der Waals surface area contributed by atoms with E-state index >= 15 is 0 Å². The quantitative estimate of drug-likeness (QED) is 0.718. The average Bonchev–Trinajstić information content (AvgIpc) is 3.25. The highest BCUT2D eigenvalue weighted by molar-refractivity contribution is 5.95. The summed E-state index contributed by atoms with van der Waals surface area (Å²) in [6, 6.07) is 11.1. The van der Waals surface area contributed by atoms with Crippen LogP contribution >= 0.6 is 0 Å². The molecule has 4 rings (SSSR count). The number of aromatic nitrogens is 4. The van der Waals surface area contributed by atoms with Crippen LogP contribution in [0, 0.1) is 0 Å². The Kier molecular flexibility index (Phi) is 4.12. The molecule has 0 aliphatic carbocycles. The van der Waals surface area contributed by atoms with Crippen LogP contribution < -0.4 is 10.3 Å². The molecule has 3 heterocycles. The Balaban J connectivity index is 1.63. The van der Waals surface area contributed by atoms with Gasteiger partial charge in [-0.05, 0) is 24.1 Å². The van der Waals surface area contributed by atoms with Crippen LogP contribution in [0.5, 0.6) is 0 Å². The molecular weight excluding hydrogens is 330 g/mol. The second kappa shape index (κ2) is 6.59. The summed E-state index contributed by atoms with van der Waals surface area (Å²) < 4.78 is 3.29. The van der Waals surface area contributed by atoms with Gasteiger partial charge in [0.1, 0.15) is 5.69 Å². The Morgan fingerprint density at radius 3 is 2.69 bits per heavy atom. The second-order valence-electron chi connectivity index (χ2n) is 6.41. The Morgan fingerprint density at radius 2 is 1.96 bits per heavy atom. The lowest BCUT2D eigenvalue weighted by atomic mass is 10.1. The molecular formula is C19H19N5O2. The molecule has 1 aromatic carbocycles. The number of aryl methyl sites for hydroxylation is 1. The Morgan fingerprint density at radius 1 is 1.08 bits per heavy atom. The van der Waals surface area contributed by atoms with Gasteiger partial charge in [-0.15, -0.1) is 0 Å². The van der Waals surface area contributed by atoms with Crippen molar-refractivity contribution in [3.8, 4) is 5.82 Å². The van der Waals surface area contributed by atoms with Crippen LogP contribution in [-0.4, -0.2) is 32.0 Å². The molecule has 0 atom stereocenters. The average molecular weight is 349 g/mol. The number of rotatable bonds is 4. The molecule has 1 fully saturated rings. The maximum Gasteiger partial charge on any atom is 0.227 e. The number of carbonyl (C=O) groups is 1. The number of hydrogen-bond donors (Lipinski definition) is 0. The fourth-order valence-electron chi connectivity index (χ4n) is 3.17. The van der Waals surface area contributed by atoms with E-state index in [1.165, 1.54) is 6.07 Å². The molecule has 1 aliphatic heterocycles. The van der Waals surface area contributed by atoms with Crippen molar-refractivity contribution in [2.24, 2.45) is 7.05 Å². The van der Waals surface area contributed by atoms with E-state index in [0.29, 0.717) is 24.4 Å². The van der Waals surface area contributed by atoms with Gasteiger partial charge in [0.05, 0.1) is 0 Å². The van der Waals surface area contributed by atoms with E-state index in [2.05, 4.69) is 10.2 Å². The molecule has 0 bridgehead atoms. The van der Waals surface area contributed by atoms with Crippen LogP contribution in [0.15, 0.2) is 53.6 Å². The fourth-order valence-corrected chi connectivity index (χ4v) is 3.17. The second-order valence-corrected chi connectivity index (χ2v) is 6.41. The maximum atomic E-state index is 12.2. The fraction of sp³-hybridized carbons (Fsp3) is 0.263. The van der Waals surface area contributed by atoms with E-state index in [9.17, 15) is 9.59 Å². The molecule has 0 N–H and O–H groups in total. The van der Waals surface area contributed by atoms with E-state index in [4.69, 9.17) is 0 Å². The lowest BCUT2D eigenvalue weighted by Crippen LogP contribution is -2.23. The van der Waals surface area contributed by atoms with Gasteiger partial charge in [0, 0.05) is 56.6 Å². The van der Waals surface area contributed by atoms with Crippen LogP contribution in [0.2, 0.25) is 0 Å². The zero-order valence-corrected chi connectivity index (χ0v) is 14.5. The van der Waals surface area contributed by atoms with E-state index in [1.807, 2.05) is 43.6 Å². The molecule has 0 unspecified atom stereocenters. The molecule has 0 spiro atoms. The number of hydrogen-bond acceptors (Lipinski definition) is 4. The number of nitrogens with zero attached hydrogens (tertiary/aromatic N) is 5. The zero-order chi connectivity index (χ0) is 18.1. The van der Waals surface area contributed by atoms with Crippen LogP contribution in [0.1, 0.15) is 24.1 Å². The minimum Gasteiger partial charge on any atom is -0.312 e. The highest BCUT2D eigenvalue weighted by atomic mass is 16.2. The van der Waals surface area contributed by atoms with Gasteiger partial charge in [0.25, 0.3) is 0 Å². The number of carbonyl (C=O) groups excluding carboxylic acids is 1. The smallest absolute Gasteiger partial charge is 0.227 e. The van der Waals surface area contributed by atoms with Crippen molar-refractivity contribution in [1.82, 2.24) is 19.6 Å². The van der Waals surface area contributed by atoms with Gasteiger partial charge in [-0.1, -0.05) is 12.1 Å².